The number of hydrogen-bond donors (Lipinski definition) is 2. The van der Waals surface area contributed by atoms with Gasteiger partial charge in [-0.2, -0.15) is 10.2 Å². The van der Waals surface area contributed by atoms with Crippen molar-refractivity contribution in [1.29, 1.82) is 0 Å². The molecule has 3 aromatic heterocycles. The number of aromatic amines is 2. The molecule has 196 valence electrons. The van der Waals surface area contributed by atoms with E-state index in [1.807, 2.05) is 49.8 Å². The van der Waals surface area contributed by atoms with Crippen LogP contribution in [0.5, 0.6) is 5.75 Å². The molecular weight excluding hydrogens is 491 g/mol. The summed E-state index contributed by atoms with van der Waals surface area (Å²) in [7, 11) is 1.91. The van der Waals surface area contributed by atoms with Gasteiger partial charge in [0.15, 0.2) is 0 Å². The van der Waals surface area contributed by atoms with E-state index in [2.05, 4.69) is 43.4 Å². The molecule has 0 bridgehead atoms. The molecule has 1 fully saturated rings. The fraction of sp³-hybridized carbons (Fsp3) is 0.226. The van der Waals surface area contributed by atoms with E-state index in [-0.39, 0.29) is 5.82 Å². The van der Waals surface area contributed by atoms with Crippen LogP contribution in [0.25, 0.3) is 55.4 Å². The van der Waals surface area contributed by atoms with Crippen molar-refractivity contribution in [2.75, 3.05) is 26.2 Å². The molecule has 0 unspecified atom stereocenters. The van der Waals surface area contributed by atoms with Gasteiger partial charge in [0, 0.05) is 47.7 Å². The van der Waals surface area contributed by atoms with Gasteiger partial charge >= 0.3 is 0 Å². The van der Waals surface area contributed by atoms with Gasteiger partial charge in [0.25, 0.3) is 0 Å². The first-order chi connectivity index (χ1) is 19.1. The highest BCUT2D eigenvalue weighted by molar-refractivity contribution is 6.02. The van der Waals surface area contributed by atoms with Crippen molar-refractivity contribution in [3.63, 3.8) is 0 Å². The summed E-state index contributed by atoms with van der Waals surface area (Å²) in [6.45, 7) is 3.65. The van der Waals surface area contributed by atoms with Gasteiger partial charge in [0.2, 0.25) is 0 Å². The zero-order valence-electron chi connectivity index (χ0n) is 21.7. The first-order valence-electron chi connectivity index (χ1n) is 13.4. The number of halogens is 1. The lowest BCUT2D eigenvalue weighted by atomic mass is 10.0. The van der Waals surface area contributed by atoms with E-state index >= 15 is 0 Å². The Bertz CT molecular complexity index is 1790. The lowest BCUT2D eigenvalue weighted by Gasteiger charge is -2.15. The molecule has 7 rings (SSSR count). The van der Waals surface area contributed by atoms with Crippen LogP contribution in [-0.4, -0.2) is 56.1 Å². The minimum absolute atomic E-state index is 0.308. The molecule has 4 heterocycles. The van der Waals surface area contributed by atoms with Crippen LogP contribution in [0.15, 0.2) is 73.1 Å². The van der Waals surface area contributed by atoms with E-state index < -0.39 is 0 Å². The molecule has 0 atom stereocenters. The van der Waals surface area contributed by atoms with Crippen molar-refractivity contribution in [3.8, 4) is 39.4 Å². The highest BCUT2D eigenvalue weighted by Crippen LogP contribution is 2.36. The molecule has 2 N–H and O–H groups in total. The molecule has 3 aromatic carbocycles. The molecule has 1 aliphatic heterocycles. The lowest BCUT2D eigenvalue weighted by Crippen LogP contribution is -2.25. The fourth-order valence-electron chi connectivity index (χ4n) is 5.60. The topological polar surface area (TPSA) is 74.8 Å². The molecule has 39 heavy (non-hydrogen) atoms. The van der Waals surface area contributed by atoms with Crippen LogP contribution in [0, 0.1) is 5.82 Å². The number of fused-ring (bicyclic) bond motifs is 2. The average Bonchev–Trinajstić information content (AvgIpc) is 3.74. The number of nitrogens with zero attached hydrogens (tertiary/aromatic N) is 4. The van der Waals surface area contributed by atoms with Crippen molar-refractivity contribution < 1.29 is 9.13 Å². The van der Waals surface area contributed by atoms with Crippen LogP contribution >= 0.6 is 0 Å². The minimum atomic E-state index is -0.308. The van der Waals surface area contributed by atoms with Crippen LogP contribution in [0.3, 0.4) is 0 Å². The summed E-state index contributed by atoms with van der Waals surface area (Å²) in [5.74, 6) is 0.246. The second kappa shape index (κ2) is 9.71. The highest BCUT2D eigenvalue weighted by Gasteiger charge is 2.16. The second-order valence-electron chi connectivity index (χ2n) is 10.3. The molecule has 0 aliphatic carbocycles. The third-order valence-corrected chi connectivity index (χ3v) is 7.58. The Hall–Kier alpha value is -4.43. The molecule has 1 aliphatic rings. The van der Waals surface area contributed by atoms with Gasteiger partial charge in [-0.15, -0.1) is 0 Å². The summed E-state index contributed by atoms with van der Waals surface area (Å²) in [5.41, 5.74) is 7.50. The van der Waals surface area contributed by atoms with E-state index in [0.717, 1.165) is 75.1 Å². The summed E-state index contributed by atoms with van der Waals surface area (Å²) in [6.07, 6.45) is 6.35. The molecule has 0 spiro atoms. The maximum atomic E-state index is 14.7. The molecule has 0 amide bonds. The number of aromatic nitrogens is 5. The number of hydrogen-bond acceptors (Lipinski definition) is 4. The largest absolute Gasteiger partial charge is 0.492 e. The van der Waals surface area contributed by atoms with Gasteiger partial charge in [-0.25, -0.2) is 4.39 Å². The van der Waals surface area contributed by atoms with Crippen molar-refractivity contribution in [2.45, 2.75) is 12.8 Å². The standard InChI is InChI=1S/C31H29FN6O/c1-37-19-22(18-33-37)20-7-8-29-27(15-20)31(36-35-29)30-17-26-25(5-4-6-28(26)34-30)21-13-23(32)16-24(14-21)39-12-11-38-9-2-3-10-38/h4-8,13-19,34H,2-3,9-12H2,1H3,(H,35,36). The quantitative estimate of drug-likeness (QED) is 0.256. The van der Waals surface area contributed by atoms with Crippen molar-refractivity contribution in [2.24, 2.45) is 7.05 Å². The lowest BCUT2D eigenvalue weighted by molar-refractivity contribution is 0.237. The molecule has 0 saturated carbocycles. The normalized spacial score (nSPS) is 14.1. The third-order valence-electron chi connectivity index (χ3n) is 7.58. The van der Waals surface area contributed by atoms with Gasteiger partial charge in [-0.3, -0.25) is 14.7 Å². The van der Waals surface area contributed by atoms with Gasteiger partial charge < -0.3 is 9.72 Å². The van der Waals surface area contributed by atoms with Gasteiger partial charge in [-0.05, 0) is 79.0 Å². The van der Waals surface area contributed by atoms with Crippen molar-refractivity contribution in [1.82, 2.24) is 29.9 Å². The summed E-state index contributed by atoms with van der Waals surface area (Å²) < 4.78 is 22.5. The Kier molecular flexibility index (Phi) is 5.89. The zero-order valence-corrected chi connectivity index (χ0v) is 21.7. The van der Waals surface area contributed by atoms with Crippen LogP contribution < -0.4 is 4.74 Å². The number of ether oxygens (including phenoxy) is 1. The van der Waals surface area contributed by atoms with Crippen LogP contribution in [0.2, 0.25) is 0 Å². The third kappa shape index (κ3) is 4.57. The Labute approximate surface area is 225 Å². The Balaban J connectivity index is 1.23. The van der Waals surface area contributed by atoms with Crippen molar-refractivity contribution in [3.05, 3.63) is 78.9 Å². The Morgan fingerprint density at radius 1 is 0.923 bits per heavy atom. The number of H-pyrrole nitrogens is 2. The van der Waals surface area contributed by atoms with Crippen LogP contribution in [0.4, 0.5) is 4.39 Å². The smallest absolute Gasteiger partial charge is 0.127 e. The Morgan fingerprint density at radius 3 is 2.67 bits per heavy atom. The Morgan fingerprint density at radius 2 is 1.82 bits per heavy atom. The average molecular weight is 521 g/mol. The van der Waals surface area contributed by atoms with E-state index in [0.29, 0.717) is 12.4 Å². The minimum Gasteiger partial charge on any atom is -0.492 e. The monoisotopic (exact) mass is 520 g/mol. The summed E-state index contributed by atoms with van der Waals surface area (Å²) in [6, 6.07) is 19.3. The molecule has 0 radical (unpaired) electrons. The molecule has 7 nitrogen and oxygen atoms in total. The predicted octanol–water partition coefficient (Wildman–Crippen LogP) is 6.39. The van der Waals surface area contributed by atoms with Crippen LogP contribution in [0.1, 0.15) is 12.8 Å². The first kappa shape index (κ1) is 23.7. The zero-order chi connectivity index (χ0) is 26.3. The predicted molar refractivity (Wildman–Crippen MR) is 152 cm³/mol. The molecule has 1 saturated heterocycles. The molecule has 8 heteroatoms. The SMILES string of the molecule is Cn1cc(-c2ccc3[nH]nc(-c4cc5c(-c6cc(F)cc(OCCN7CCCC7)c6)cccc5[nH]4)c3c2)cn1. The fourth-order valence-corrected chi connectivity index (χ4v) is 5.60. The van der Waals surface area contributed by atoms with E-state index in [1.54, 1.807) is 10.7 Å². The number of likely N-dealkylation sites (tertiary alicyclic amines) is 1. The summed E-state index contributed by atoms with van der Waals surface area (Å²) in [5, 5.41) is 14.1. The number of rotatable bonds is 7. The summed E-state index contributed by atoms with van der Waals surface area (Å²) >= 11 is 0. The molecule has 6 aromatic rings. The van der Waals surface area contributed by atoms with Crippen molar-refractivity contribution >= 4 is 21.8 Å². The highest BCUT2D eigenvalue weighted by atomic mass is 19.1. The molecular formula is C31H29FN6O. The van der Waals surface area contributed by atoms with E-state index in [4.69, 9.17) is 4.74 Å². The number of nitrogens with one attached hydrogen (secondary N) is 2. The van der Waals surface area contributed by atoms with Gasteiger partial charge in [-0.1, -0.05) is 18.2 Å². The van der Waals surface area contributed by atoms with E-state index in [9.17, 15) is 4.39 Å². The number of benzene rings is 3. The number of aryl methyl sites for hydroxylation is 1. The summed E-state index contributed by atoms with van der Waals surface area (Å²) in [4.78, 5) is 5.92. The maximum absolute atomic E-state index is 14.7. The second-order valence-corrected chi connectivity index (χ2v) is 10.3. The maximum Gasteiger partial charge on any atom is 0.127 e. The van der Waals surface area contributed by atoms with Crippen LogP contribution in [-0.2, 0) is 7.05 Å². The van der Waals surface area contributed by atoms with E-state index in [1.165, 1.54) is 18.9 Å². The van der Waals surface area contributed by atoms with Gasteiger partial charge in [0.05, 0.1) is 17.4 Å². The van der Waals surface area contributed by atoms with Gasteiger partial charge in [0.1, 0.15) is 23.9 Å². The first-order valence-corrected chi connectivity index (χ1v) is 13.4.